The maximum Gasteiger partial charge on any atom is 0.232 e. The largest absolute Gasteiger partial charge is 0.351 e. The number of amides is 2. The van der Waals surface area contributed by atoms with E-state index in [0.29, 0.717) is 25.4 Å². The molecule has 1 saturated heterocycles. The maximum atomic E-state index is 13.2. The summed E-state index contributed by atoms with van der Waals surface area (Å²) < 4.78 is 0. The lowest BCUT2D eigenvalue weighted by Crippen LogP contribution is -2.52. The van der Waals surface area contributed by atoms with E-state index in [-0.39, 0.29) is 11.8 Å². The van der Waals surface area contributed by atoms with Crippen LogP contribution in [0.2, 0.25) is 0 Å². The van der Waals surface area contributed by atoms with E-state index in [0.717, 1.165) is 36.9 Å². The molecule has 1 saturated carbocycles. The van der Waals surface area contributed by atoms with Gasteiger partial charge in [0.2, 0.25) is 11.8 Å². The second-order valence-electron chi connectivity index (χ2n) is 8.08. The Morgan fingerprint density at radius 3 is 2.85 bits per heavy atom. The molecule has 0 spiro atoms. The van der Waals surface area contributed by atoms with E-state index in [2.05, 4.69) is 30.4 Å². The third kappa shape index (κ3) is 2.95. The molecule has 4 rings (SSSR count). The summed E-state index contributed by atoms with van der Waals surface area (Å²) in [5, 5.41) is 3.17. The van der Waals surface area contributed by atoms with Crippen LogP contribution in [0.1, 0.15) is 62.5 Å². The van der Waals surface area contributed by atoms with Crippen molar-refractivity contribution in [2.24, 2.45) is 5.41 Å². The molecule has 1 aromatic carbocycles. The Balaban J connectivity index is 1.53. The predicted molar refractivity (Wildman–Crippen MR) is 101 cm³/mol. The number of carbonyl (C=O) groups is 2. The van der Waals surface area contributed by atoms with E-state index in [1.165, 1.54) is 18.4 Å². The zero-order chi connectivity index (χ0) is 18.1. The van der Waals surface area contributed by atoms with Crippen LogP contribution in [0.4, 0.5) is 0 Å². The average Bonchev–Trinajstić information content (AvgIpc) is 3.30. The topological polar surface area (TPSA) is 49.4 Å². The lowest BCUT2D eigenvalue weighted by atomic mass is 9.75. The highest BCUT2D eigenvalue weighted by Gasteiger charge is 2.52. The molecule has 0 bridgehead atoms. The minimum atomic E-state index is -0.500. The van der Waals surface area contributed by atoms with Crippen LogP contribution in [-0.4, -0.2) is 22.8 Å². The summed E-state index contributed by atoms with van der Waals surface area (Å²) in [5.41, 5.74) is 2.83. The van der Waals surface area contributed by atoms with Crippen molar-refractivity contribution >= 4 is 11.8 Å². The Morgan fingerprint density at radius 1 is 1.27 bits per heavy atom. The first-order valence-corrected chi connectivity index (χ1v) is 9.97. The fourth-order valence-electron chi connectivity index (χ4n) is 5.02. The molecule has 1 unspecified atom stereocenters. The molecular weight excluding hydrogens is 324 g/mol. The zero-order valence-corrected chi connectivity index (χ0v) is 15.6. The second kappa shape index (κ2) is 6.90. The molecule has 0 aromatic heterocycles. The van der Waals surface area contributed by atoms with Gasteiger partial charge in [-0.05, 0) is 44.6 Å². The molecule has 4 nitrogen and oxygen atoms in total. The van der Waals surface area contributed by atoms with Gasteiger partial charge < -0.3 is 10.2 Å². The standard InChI is InChI=1S/C22H28N2O2/c1-16-6-4-7-17(14-16)15-23-21(26)22-12-5-10-19(22)24(20(25)11-13-22)18-8-2-3-9-18/h4,6-7,10,14,18H,2-3,5,8-9,11-13,15H2,1H3,(H,23,26). The number of benzene rings is 1. The van der Waals surface area contributed by atoms with Gasteiger partial charge in [0.25, 0.3) is 0 Å². The first kappa shape index (κ1) is 17.3. The van der Waals surface area contributed by atoms with Crippen LogP contribution >= 0.6 is 0 Å². The number of allylic oxidation sites excluding steroid dienone is 1. The Kier molecular flexibility index (Phi) is 4.60. The fourth-order valence-corrected chi connectivity index (χ4v) is 5.02. The monoisotopic (exact) mass is 352 g/mol. The smallest absolute Gasteiger partial charge is 0.232 e. The zero-order valence-electron chi connectivity index (χ0n) is 15.6. The van der Waals surface area contributed by atoms with Crippen molar-refractivity contribution in [1.82, 2.24) is 10.2 Å². The minimum absolute atomic E-state index is 0.0956. The number of nitrogens with one attached hydrogen (secondary N) is 1. The van der Waals surface area contributed by atoms with E-state index in [1.807, 2.05) is 17.0 Å². The van der Waals surface area contributed by atoms with Crippen LogP contribution in [0.5, 0.6) is 0 Å². The van der Waals surface area contributed by atoms with E-state index >= 15 is 0 Å². The predicted octanol–water partition coefficient (Wildman–Crippen LogP) is 3.84. The number of nitrogens with zero attached hydrogens (tertiary/aromatic N) is 1. The van der Waals surface area contributed by atoms with Gasteiger partial charge in [-0.15, -0.1) is 0 Å². The first-order valence-electron chi connectivity index (χ1n) is 9.97. The summed E-state index contributed by atoms with van der Waals surface area (Å²) in [7, 11) is 0. The Morgan fingerprint density at radius 2 is 2.08 bits per heavy atom. The highest BCUT2D eigenvalue weighted by molar-refractivity contribution is 5.91. The molecule has 1 N–H and O–H groups in total. The van der Waals surface area contributed by atoms with Gasteiger partial charge in [0.05, 0.1) is 5.41 Å². The summed E-state index contributed by atoms with van der Waals surface area (Å²) >= 11 is 0. The molecule has 1 aromatic rings. The van der Waals surface area contributed by atoms with Crippen molar-refractivity contribution in [3.8, 4) is 0 Å². The number of likely N-dealkylation sites (tertiary alicyclic amines) is 1. The average molecular weight is 352 g/mol. The van der Waals surface area contributed by atoms with E-state index in [9.17, 15) is 9.59 Å². The van der Waals surface area contributed by atoms with Crippen molar-refractivity contribution in [2.75, 3.05) is 0 Å². The molecule has 2 fully saturated rings. The summed E-state index contributed by atoms with van der Waals surface area (Å²) in [6, 6.07) is 8.55. The lowest BCUT2D eigenvalue weighted by molar-refractivity contribution is -0.141. The van der Waals surface area contributed by atoms with Crippen molar-refractivity contribution in [3.63, 3.8) is 0 Å². The van der Waals surface area contributed by atoms with Crippen molar-refractivity contribution in [2.45, 2.75) is 70.9 Å². The Labute approximate surface area is 155 Å². The number of piperidine rings is 1. The molecule has 2 aliphatic carbocycles. The van der Waals surface area contributed by atoms with Gasteiger partial charge in [0.1, 0.15) is 0 Å². The normalized spacial score (nSPS) is 26.0. The lowest BCUT2D eigenvalue weighted by Gasteiger charge is -2.44. The highest BCUT2D eigenvalue weighted by atomic mass is 16.2. The molecule has 26 heavy (non-hydrogen) atoms. The molecule has 0 radical (unpaired) electrons. The van der Waals surface area contributed by atoms with Gasteiger partial charge in [-0.1, -0.05) is 48.7 Å². The number of carbonyl (C=O) groups excluding carboxylic acids is 2. The summed E-state index contributed by atoms with van der Waals surface area (Å²) in [6.45, 7) is 2.61. The summed E-state index contributed by atoms with van der Waals surface area (Å²) in [5.74, 6) is 0.311. The SMILES string of the molecule is Cc1cccc(CNC(=O)C23CCC=C2N(C2CCCC2)C(=O)CC3)c1. The van der Waals surface area contributed by atoms with Crippen LogP contribution in [0.3, 0.4) is 0 Å². The molecule has 1 atom stereocenters. The van der Waals surface area contributed by atoms with Crippen molar-refractivity contribution in [3.05, 3.63) is 47.2 Å². The molecular formula is C22H28N2O2. The molecule has 2 amide bonds. The van der Waals surface area contributed by atoms with E-state index in [4.69, 9.17) is 0 Å². The van der Waals surface area contributed by atoms with Gasteiger partial charge in [-0.25, -0.2) is 0 Å². The van der Waals surface area contributed by atoms with E-state index in [1.54, 1.807) is 0 Å². The summed E-state index contributed by atoms with van der Waals surface area (Å²) in [6.07, 6.45) is 9.55. The Hall–Kier alpha value is -2.10. The van der Waals surface area contributed by atoms with Gasteiger partial charge in [0.15, 0.2) is 0 Å². The number of hydrogen-bond acceptors (Lipinski definition) is 2. The first-order chi connectivity index (χ1) is 12.6. The number of hydrogen-bond donors (Lipinski definition) is 1. The van der Waals surface area contributed by atoms with Crippen molar-refractivity contribution < 1.29 is 9.59 Å². The summed E-state index contributed by atoms with van der Waals surface area (Å²) in [4.78, 5) is 27.9. The van der Waals surface area contributed by atoms with Crippen LogP contribution in [0, 0.1) is 12.3 Å². The quantitative estimate of drug-likeness (QED) is 0.895. The maximum absolute atomic E-state index is 13.2. The van der Waals surface area contributed by atoms with Crippen LogP contribution in [0.25, 0.3) is 0 Å². The van der Waals surface area contributed by atoms with Gasteiger partial charge in [0, 0.05) is 24.7 Å². The molecule has 3 aliphatic rings. The van der Waals surface area contributed by atoms with E-state index < -0.39 is 5.41 Å². The molecule has 1 heterocycles. The van der Waals surface area contributed by atoms with Crippen molar-refractivity contribution in [1.29, 1.82) is 0 Å². The molecule has 138 valence electrons. The molecule has 1 aliphatic heterocycles. The molecule has 4 heteroatoms. The van der Waals surface area contributed by atoms with Crippen LogP contribution < -0.4 is 5.32 Å². The third-order valence-corrected chi connectivity index (χ3v) is 6.35. The minimum Gasteiger partial charge on any atom is -0.351 e. The van der Waals surface area contributed by atoms with Crippen LogP contribution in [-0.2, 0) is 16.1 Å². The number of fused-ring (bicyclic) bond motifs is 1. The number of rotatable bonds is 4. The van der Waals surface area contributed by atoms with Gasteiger partial charge >= 0.3 is 0 Å². The Bertz CT molecular complexity index is 748. The van der Waals surface area contributed by atoms with Gasteiger partial charge in [-0.2, -0.15) is 0 Å². The van der Waals surface area contributed by atoms with Crippen LogP contribution in [0.15, 0.2) is 36.0 Å². The van der Waals surface area contributed by atoms with Gasteiger partial charge in [-0.3, -0.25) is 9.59 Å². The third-order valence-electron chi connectivity index (χ3n) is 6.35. The fraction of sp³-hybridized carbons (Fsp3) is 0.545. The second-order valence-corrected chi connectivity index (χ2v) is 8.08. The number of aryl methyl sites for hydroxylation is 1. The highest BCUT2D eigenvalue weighted by Crippen LogP contribution is 2.50.